The number of benzene rings is 1. The van der Waals surface area contributed by atoms with Gasteiger partial charge in [-0.25, -0.2) is 13.1 Å². The summed E-state index contributed by atoms with van der Waals surface area (Å²) < 4.78 is 33.3. The van der Waals surface area contributed by atoms with Gasteiger partial charge in [-0.05, 0) is 67.5 Å². The molecule has 1 aromatic carbocycles. The Kier molecular flexibility index (Phi) is 4.97. The van der Waals surface area contributed by atoms with Crippen LogP contribution in [0.2, 0.25) is 0 Å². The van der Waals surface area contributed by atoms with Gasteiger partial charge in [0.15, 0.2) is 0 Å². The van der Waals surface area contributed by atoms with E-state index in [0.29, 0.717) is 16.8 Å². The zero-order valence-electron chi connectivity index (χ0n) is 12.5. The van der Waals surface area contributed by atoms with E-state index in [9.17, 15) is 8.42 Å². The van der Waals surface area contributed by atoms with Crippen molar-refractivity contribution in [2.24, 2.45) is 0 Å². The second-order valence-corrected chi connectivity index (χ2v) is 8.21. The van der Waals surface area contributed by atoms with Crippen LogP contribution in [0.3, 0.4) is 0 Å². The van der Waals surface area contributed by atoms with Gasteiger partial charge in [0.05, 0.1) is 16.5 Å². The summed E-state index contributed by atoms with van der Waals surface area (Å²) in [5.74, 6) is 0.609. The molecule has 1 aliphatic carbocycles. The molecule has 0 bridgehead atoms. The number of methoxy groups -OCH3 is 1. The summed E-state index contributed by atoms with van der Waals surface area (Å²) in [5, 5.41) is 0. The molecule has 0 atom stereocenters. The molecule has 1 fully saturated rings. The molecule has 1 aliphatic rings. The average molecular weight is 377 g/mol. The van der Waals surface area contributed by atoms with Crippen molar-refractivity contribution in [3.63, 3.8) is 0 Å². The van der Waals surface area contributed by atoms with Gasteiger partial charge in [-0.3, -0.25) is 0 Å². The number of hydrogen-bond acceptors (Lipinski definition) is 4. The Balaban J connectivity index is 2.13. The van der Waals surface area contributed by atoms with Gasteiger partial charge < -0.3 is 9.64 Å². The van der Waals surface area contributed by atoms with Crippen LogP contribution in [0.4, 0.5) is 0 Å². The van der Waals surface area contributed by atoms with Gasteiger partial charge in [0.25, 0.3) is 0 Å². The van der Waals surface area contributed by atoms with Gasteiger partial charge in [0.1, 0.15) is 5.75 Å². The van der Waals surface area contributed by atoms with Gasteiger partial charge in [-0.15, -0.1) is 0 Å². The van der Waals surface area contributed by atoms with E-state index in [1.807, 2.05) is 14.1 Å². The molecule has 1 saturated carbocycles. The number of sulfonamides is 1. The van der Waals surface area contributed by atoms with Crippen molar-refractivity contribution in [2.75, 3.05) is 27.7 Å². The minimum Gasteiger partial charge on any atom is -0.496 e. The maximum atomic E-state index is 12.4. The molecule has 0 amide bonds. The maximum absolute atomic E-state index is 12.4. The first-order valence-corrected chi connectivity index (χ1v) is 9.09. The van der Waals surface area contributed by atoms with E-state index in [1.54, 1.807) is 25.3 Å². The second kappa shape index (κ2) is 6.24. The Morgan fingerprint density at radius 1 is 1.38 bits per heavy atom. The largest absolute Gasteiger partial charge is 0.496 e. The molecule has 0 aliphatic heterocycles. The molecule has 2 rings (SSSR count). The third-order valence-electron chi connectivity index (χ3n) is 4.26. The lowest BCUT2D eigenvalue weighted by Crippen LogP contribution is -2.57. The SMILES string of the molecule is COc1ccc(S(=O)(=O)NCC2(N(C)C)CCC2)cc1Br. The smallest absolute Gasteiger partial charge is 0.240 e. The van der Waals surface area contributed by atoms with E-state index < -0.39 is 10.0 Å². The number of nitrogens with zero attached hydrogens (tertiary/aromatic N) is 1. The Morgan fingerprint density at radius 2 is 2.05 bits per heavy atom. The Labute approximate surface area is 134 Å². The van der Waals surface area contributed by atoms with E-state index in [2.05, 4.69) is 25.6 Å². The van der Waals surface area contributed by atoms with Crippen molar-refractivity contribution in [1.82, 2.24) is 9.62 Å². The number of halogens is 1. The van der Waals surface area contributed by atoms with Gasteiger partial charge >= 0.3 is 0 Å². The lowest BCUT2D eigenvalue weighted by molar-refractivity contribution is 0.0657. The van der Waals surface area contributed by atoms with Crippen LogP contribution in [0.25, 0.3) is 0 Å². The normalized spacial score (nSPS) is 17.6. The Bertz CT molecular complexity index is 613. The highest BCUT2D eigenvalue weighted by molar-refractivity contribution is 9.10. The molecular formula is C14H21BrN2O3S. The third-order valence-corrected chi connectivity index (χ3v) is 6.28. The molecule has 0 unspecified atom stereocenters. The van der Waals surface area contributed by atoms with Crippen molar-refractivity contribution in [2.45, 2.75) is 29.7 Å². The first-order chi connectivity index (χ1) is 9.81. The minimum atomic E-state index is -3.51. The number of rotatable bonds is 6. The van der Waals surface area contributed by atoms with Crippen LogP contribution in [0.5, 0.6) is 5.75 Å². The molecule has 0 radical (unpaired) electrons. The van der Waals surface area contributed by atoms with Crippen LogP contribution < -0.4 is 9.46 Å². The monoisotopic (exact) mass is 376 g/mol. The van der Waals surface area contributed by atoms with Crippen LogP contribution in [-0.4, -0.2) is 46.6 Å². The molecule has 1 N–H and O–H groups in total. The van der Waals surface area contributed by atoms with E-state index in [-0.39, 0.29) is 10.4 Å². The first kappa shape index (κ1) is 16.7. The zero-order valence-corrected chi connectivity index (χ0v) is 14.9. The van der Waals surface area contributed by atoms with Gasteiger partial charge in [0.2, 0.25) is 10.0 Å². The minimum absolute atomic E-state index is 0.0449. The molecule has 0 heterocycles. The summed E-state index contributed by atoms with van der Waals surface area (Å²) in [7, 11) is 2.03. The second-order valence-electron chi connectivity index (χ2n) is 5.59. The molecule has 0 spiro atoms. The number of nitrogens with one attached hydrogen (secondary N) is 1. The summed E-state index contributed by atoms with van der Waals surface area (Å²) >= 11 is 3.31. The van der Waals surface area contributed by atoms with E-state index in [1.165, 1.54) is 0 Å². The van der Waals surface area contributed by atoms with Gasteiger partial charge in [-0.2, -0.15) is 0 Å². The third kappa shape index (κ3) is 3.41. The molecule has 21 heavy (non-hydrogen) atoms. The molecule has 0 aromatic heterocycles. The summed E-state index contributed by atoms with van der Waals surface area (Å²) in [5.41, 5.74) is -0.0449. The predicted molar refractivity (Wildman–Crippen MR) is 86.2 cm³/mol. The summed E-state index contributed by atoms with van der Waals surface area (Å²) in [6, 6.07) is 4.75. The van der Waals surface area contributed by atoms with Crippen LogP contribution in [0, 0.1) is 0 Å². The number of ether oxygens (including phenoxy) is 1. The lowest BCUT2D eigenvalue weighted by Gasteiger charge is -2.47. The maximum Gasteiger partial charge on any atom is 0.240 e. The van der Waals surface area contributed by atoms with E-state index in [4.69, 9.17) is 4.74 Å². The van der Waals surface area contributed by atoms with Crippen LogP contribution in [-0.2, 0) is 10.0 Å². The fraction of sp³-hybridized carbons (Fsp3) is 0.571. The Morgan fingerprint density at radius 3 is 2.48 bits per heavy atom. The number of hydrogen-bond donors (Lipinski definition) is 1. The predicted octanol–water partition coefficient (Wildman–Crippen LogP) is 2.22. The zero-order chi connectivity index (χ0) is 15.7. The summed E-state index contributed by atoms with van der Waals surface area (Å²) in [6.45, 7) is 0.436. The van der Waals surface area contributed by atoms with Gasteiger partial charge in [0, 0.05) is 12.1 Å². The number of likely N-dealkylation sites (N-methyl/N-ethyl adjacent to an activating group) is 1. The highest BCUT2D eigenvalue weighted by Gasteiger charge is 2.39. The van der Waals surface area contributed by atoms with Gasteiger partial charge in [-0.1, -0.05) is 0 Å². The highest BCUT2D eigenvalue weighted by atomic mass is 79.9. The topological polar surface area (TPSA) is 58.6 Å². The standard InChI is InChI=1S/C14H21BrN2O3S/c1-17(2)14(7-4-8-14)10-16-21(18,19)11-5-6-13(20-3)12(15)9-11/h5-6,9,16H,4,7-8,10H2,1-3H3. The molecule has 7 heteroatoms. The van der Waals surface area contributed by atoms with E-state index >= 15 is 0 Å². The fourth-order valence-corrected chi connectivity index (χ4v) is 4.33. The van der Waals surface area contributed by atoms with Crippen molar-refractivity contribution in [3.8, 4) is 5.75 Å². The van der Waals surface area contributed by atoms with E-state index in [0.717, 1.165) is 19.3 Å². The first-order valence-electron chi connectivity index (χ1n) is 6.81. The molecular weight excluding hydrogens is 356 g/mol. The fourth-order valence-electron chi connectivity index (χ4n) is 2.49. The van der Waals surface area contributed by atoms with Crippen molar-refractivity contribution >= 4 is 26.0 Å². The van der Waals surface area contributed by atoms with Crippen molar-refractivity contribution < 1.29 is 13.2 Å². The lowest BCUT2D eigenvalue weighted by atomic mass is 9.76. The van der Waals surface area contributed by atoms with Crippen LogP contribution >= 0.6 is 15.9 Å². The molecule has 1 aromatic rings. The van der Waals surface area contributed by atoms with Crippen molar-refractivity contribution in [1.29, 1.82) is 0 Å². The van der Waals surface area contributed by atoms with Crippen LogP contribution in [0.15, 0.2) is 27.6 Å². The Hall–Kier alpha value is -0.630. The molecule has 118 valence electrons. The summed E-state index contributed by atoms with van der Waals surface area (Å²) in [4.78, 5) is 2.35. The molecule has 0 saturated heterocycles. The highest BCUT2D eigenvalue weighted by Crippen LogP contribution is 2.36. The van der Waals surface area contributed by atoms with Crippen molar-refractivity contribution in [3.05, 3.63) is 22.7 Å². The molecule has 5 nitrogen and oxygen atoms in total. The quantitative estimate of drug-likeness (QED) is 0.826. The van der Waals surface area contributed by atoms with Crippen LogP contribution in [0.1, 0.15) is 19.3 Å². The average Bonchev–Trinajstić information content (AvgIpc) is 2.36. The summed E-state index contributed by atoms with van der Waals surface area (Å²) in [6.07, 6.45) is 3.19.